The molecule has 0 fully saturated rings. The zero-order valence-corrected chi connectivity index (χ0v) is 13.4. The Bertz CT molecular complexity index is 723. The van der Waals surface area contributed by atoms with E-state index in [0.717, 1.165) is 22.0 Å². The summed E-state index contributed by atoms with van der Waals surface area (Å²) in [7, 11) is 0. The Hall–Kier alpha value is -1.82. The number of hydrogen-bond acceptors (Lipinski definition) is 5. The molecular formula is C15H18N4OS. The van der Waals surface area contributed by atoms with Gasteiger partial charge in [-0.2, -0.15) is 4.98 Å². The van der Waals surface area contributed by atoms with E-state index in [1.807, 2.05) is 31.2 Å². The molecule has 0 aliphatic carbocycles. The fraction of sp³-hybridized carbons (Fsp3) is 0.400. The van der Waals surface area contributed by atoms with Crippen molar-refractivity contribution in [2.24, 2.45) is 0 Å². The Morgan fingerprint density at radius 1 is 1.19 bits per heavy atom. The number of fused-ring (bicyclic) bond motifs is 1. The van der Waals surface area contributed by atoms with Gasteiger partial charge in [0.1, 0.15) is 0 Å². The summed E-state index contributed by atoms with van der Waals surface area (Å²) in [6.07, 6.45) is 0. The standard InChI is InChI=1S/C15H18N4OS/c1-9(12-18-13(19-20-12)15(2,3)4)21-14-16-10-7-5-6-8-11(10)17-14/h5-9H,1-4H3,(H,16,17). The summed E-state index contributed by atoms with van der Waals surface area (Å²) in [5.74, 6) is 1.36. The molecule has 6 heteroatoms. The molecule has 0 radical (unpaired) electrons. The molecule has 21 heavy (non-hydrogen) atoms. The smallest absolute Gasteiger partial charge is 0.239 e. The maximum absolute atomic E-state index is 5.38. The van der Waals surface area contributed by atoms with Crippen LogP contribution in [0.3, 0.4) is 0 Å². The summed E-state index contributed by atoms with van der Waals surface area (Å²) in [6.45, 7) is 8.24. The van der Waals surface area contributed by atoms with E-state index >= 15 is 0 Å². The molecule has 3 rings (SSSR count). The van der Waals surface area contributed by atoms with Crippen molar-refractivity contribution in [2.45, 2.75) is 43.5 Å². The number of rotatable bonds is 3. The number of nitrogens with zero attached hydrogens (tertiary/aromatic N) is 3. The van der Waals surface area contributed by atoms with E-state index in [1.165, 1.54) is 0 Å². The molecule has 5 nitrogen and oxygen atoms in total. The minimum atomic E-state index is -0.106. The third kappa shape index (κ3) is 2.95. The number of thioether (sulfide) groups is 1. The predicted molar refractivity (Wildman–Crippen MR) is 83.4 cm³/mol. The normalized spacial score (nSPS) is 13.7. The topological polar surface area (TPSA) is 67.6 Å². The molecule has 0 amide bonds. The van der Waals surface area contributed by atoms with E-state index < -0.39 is 0 Å². The molecule has 3 aromatic rings. The van der Waals surface area contributed by atoms with Crippen LogP contribution in [0.4, 0.5) is 0 Å². The minimum Gasteiger partial charge on any atom is -0.338 e. The Morgan fingerprint density at radius 2 is 1.95 bits per heavy atom. The zero-order chi connectivity index (χ0) is 15.0. The molecule has 1 unspecified atom stereocenters. The van der Waals surface area contributed by atoms with E-state index in [4.69, 9.17) is 4.52 Å². The molecule has 0 spiro atoms. The van der Waals surface area contributed by atoms with Crippen LogP contribution < -0.4 is 0 Å². The van der Waals surface area contributed by atoms with E-state index in [2.05, 4.69) is 40.9 Å². The van der Waals surface area contributed by atoms with Crippen molar-refractivity contribution in [3.63, 3.8) is 0 Å². The van der Waals surface area contributed by atoms with Crippen LogP contribution >= 0.6 is 11.8 Å². The second-order valence-electron chi connectivity index (χ2n) is 6.03. The number of hydrogen-bond donors (Lipinski definition) is 1. The number of imidazole rings is 1. The van der Waals surface area contributed by atoms with Crippen LogP contribution in [0.5, 0.6) is 0 Å². The third-order valence-corrected chi connectivity index (χ3v) is 4.09. The number of H-pyrrole nitrogens is 1. The van der Waals surface area contributed by atoms with Gasteiger partial charge in [0.25, 0.3) is 0 Å². The quantitative estimate of drug-likeness (QED) is 0.738. The Balaban J connectivity index is 1.79. The lowest BCUT2D eigenvalue weighted by atomic mass is 9.96. The number of benzene rings is 1. The largest absolute Gasteiger partial charge is 0.338 e. The first-order chi connectivity index (χ1) is 9.93. The van der Waals surface area contributed by atoms with Crippen LogP contribution in [-0.4, -0.2) is 20.1 Å². The van der Waals surface area contributed by atoms with Gasteiger partial charge in [-0.1, -0.05) is 49.8 Å². The number of para-hydroxylation sites is 2. The van der Waals surface area contributed by atoms with Gasteiger partial charge in [0, 0.05) is 5.41 Å². The molecular weight excluding hydrogens is 284 g/mol. The third-order valence-electron chi connectivity index (χ3n) is 3.12. The van der Waals surface area contributed by atoms with E-state index in [0.29, 0.717) is 5.89 Å². The highest BCUT2D eigenvalue weighted by Gasteiger charge is 2.24. The summed E-state index contributed by atoms with van der Waals surface area (Å²) in [5.41, 5.74) is 1.90. The van der Waals surface area contributed by atoms with E-state index in [9.17, 15) is 0 Å². The highest BCUT2D eigenvalue weighted by Crippen LogP contribution is 2.34. The fourth-order valence-electron chi connectivity index (χ4n) is 1.91. The van der Waals surface area contributed by atoms with Crippen molar-refractivity contribution in [2.75, 3.05) is 0 Å². The maximum Gasteiger partial charge on any atom is 0.239 e. The molecule has 1 N–H and O–H groups in total. The van der Waals surface area contributed by atoms with Gasteiger partial charge < -0.3 is 9.51 Å². The van der Waals surface area contributed by atoms with Gasteiger partial charge >= 0.3 is 0 Å². The molecule has 1 atom stereocenters. The predicted octanol–water partition coefficient (Wildman–Crippen LogP) is 4.10. The average Bonchev–Trinajstić information content (AvgIpc) is 3.04. The first kappa shape index (κ1) is 14.1. The minimum absolute atomic E-state index is 0.0502. The summed E-state index contributed by atoms with van der Waals surface area (Å²) >= 11 is 1.58. The summed E-state index contributed by atoms with van der Waals surface area (Å²) in [4.78, 5) is 12.3. The van der Waals surface area contributed by atoms with Crippen LogP contribution in [0.1, 0.15) is 44.7 Å². The Labute approximate surface area is 127 Å². The van der Waals surface area contributed by atoms with Crippen molar-refractivity contribution in [3.8, 4) is 0 Å². The second kappa shape index (κ2) is 5.18. The first-order valence-corrected chi connectivity index (χ1v) is 7.77. The highest BCUT2D eigenvalue weighted by molar-refractivity contribution is 7.99. The number of aromatic nitrogens is 4. The highest BCUT2D eigenvalue weighted by atomic mass is 32.2. The molecule has 0 saturated carbocycles. The van der Waals surface area contributed by atoms with Crippen LogP contribution in [0.2, 0.25) is 0 Å². The zero-order valence-electron chi connectivity index (χ0n) is 12.5. The van der Waals surface area contributed by atoms with Gasteiger partial charge in [-0.25, -0.2) is 4.98 Å². The second-order valence-corrected chi connectivity index (χ2v) is 7.35. The molecule has 1 aromatic carbocycles. The van der Waals surface area contributed by atoms with Gasteiger partial charge in [0.15, 0.2) is 11.0 Å². The van der Waals surface area contributed by atoms with Crippen LogP contribution in [0.15, 0.2) is 33.9 Å². The molecule has 2 aromatic heterocycles. The summed E-state index contributed by atoms with van der Waals surface area (Å²) < 4.78 is 5.38. The molecule has 0 aliphatic heterocycles. The van der Waals surface area contributed by atoms with Crippen LogP contribution in [0, 0.1) is 0 Å². The van der Waals surface area contributed by atoms with Crippen molar-refractivity contribution >= 4 is 22.8 Å². The summed E-state index contributed by atoms with van der Waals surface area (Å²) in [5, 5.41) is 4.97. The Morgan fingerprint density at radius 3 is 2.62 bits per heavy atom. The monoisotopic (exact) mass is 302 g/mol. The number of aromatic amines is 1. The lowest BCUT2D eigenvalue weighted by Crippen LogP contribution is -2.13. The molecule has 0 bridgehead atoms. The van der Waals surface area contributed by atoms with Crippen molar-refractivity contribution in [1.82, 2.24) is 20.1 Å². The molecule has 2 heterocycles. The molecule has 0 saturated heterocycles. The number of nitrogens with one attached hydrogen (secondary N) is 1. The first-order valence-electron chi connectivity index (χ1n) is 6.89. The maximum atomic E-state index is 5.38. The Kier molecular flexibility index (Phi) is 3.49. The van der Waals surface area contributed by atoms with Gasteiger partial charge in [-0.15, -0.1) is 0 Å². The van der Waals surface area contributed by atoms with Gasteiger partial charge in [-0.3, -0.25) is 0 Å². The van der Waals surface area contributed by atoms with E-state index in [-0.39, 0.29) is 10.7 Å². The lowest BCUT2D eigenvalue weighted by Gasteiger charge is -2.11. The lowest BCUT2D eigenvalue weighted by molar-refractivity contribution is 0.364. The van der Waals surface area contributed by atoms with Crippen LogP contribution in [-0.2, 0) is 5.41 Å². The van der Waals surface area contributed by atoms with Gasteiger partial charge in [-0.05, 0) is 19.1 Å². The van der Waals surface area contributed by atoms with Gasteiger partial charge in [0.2, 0.25) is 5.89 Å². The average molecular weight is 302 g/mol. The van der Waals surface area contributed by atoms with Crippen LogP contribution in [0.25, 0.3) is 11.0 Å². The van der Waals surface area contributed by atoms with E-state index in [1.54, 1.807) is 11.8 Å². The molecule has 0 aliphatic rings. The SMILES string of the molecule is CC(Sc1nc2ccccc2[nH]1)c1nc(C(C)(C)C)no1. The van der Waals surface area contributed by atoms with Gasteiger partial charge in [0.05, 0.1) is 16.3 Å². The summed E-state index contributed by atoms with van der Waals surface area (Å²) in [6, 6.07) is 7.98. The molecule has 110 valence electrons. The fourth-order valence-corrected chi connectivity index (χ4v) is 2.76. The van der Waals surface area contributed by atoms with Crippen molar-refractivity contribution in [3.05, 3.63) is 36.0 Å². The van der Waals surface area contributed by atoms with Crippen molar-refractivity contribution < 1.29 is 4.52 Å². The van der Waals surface area contributed by atoms with Crippen molar-refractivity contribution in [1.29, 1.82) is 0 Å².